The van der Waals surface area contributed by atoms with Crippen LogP contribution in [0, 0.1) is 11.2 Å². The molecule has 0 aliphatic carbocycles. The van der Waals surface area contributed by atoms with Crippen molar-refractivity contribution in [2.45, 2.75) is 19.9 Å². The molecule has 88 valence electrons. The first kappa shape index (κ1) is 11.6. The molecular weight excluding hydrogens is 205 g/mol. The summed E-state index contributed by atoms with van der Waals surface area (Å²) < 4.78 is 18.7. The quantitative estimate of drug-likeness (QED) is 0.846. The Morgan fingerprint density at radius 1 is 1.44 bits per heavy atom. The number of halogens is 1. The van der Waals surface area contributed by atoms with E-state index in [9.17, 15) is 4.39 Å². The van der Waals surface area contributed by atoms with Crippen LogP contribution >= 0.6 is 0 Å². The fourth-order valence-corrected chi connectivity index (χ4v) is 1.89. The van der Waals surface area contributed by atoms with Crippen molar-refractivity contribution in [1.82, 2.24) is 5.32 Å². The molecule has 1 aromatic rings. The molecule has 0 amide bonds. The standard InChI is InChI=1S/C13H18FNO/c1-10(11-5-3-4-6-12(11)14)15-7-13(2)8-16-9-13/h3-6,10,15H,7-9H2,1-2H3. The second-order valence-electron chi connectivity index (χ2n) is 4.93. The van der Waals surface area contributed by atoms with Crippen molar-refractivity contribution in [2.75, 3.05) is 19.8 Å². The molecule has 1 aromatic carbocycles. The van der Waals surface area contributed by atoms with Crippen LogP contribution in [0.25, 0.3) is 0 Å². The summed E-state index contributed by atoms with van der Waals surface area (Å²) in [6, 6.07) is 6.95. The van der Waals surface area contributed by atoms with Crippen molar-refractivity contribution in [1.29, 1.82) is 0 Å². The highest BCUT2D eigenvalue weighted by Crippen LogP contribution is 2.26. The Morgan fingerprint density at radius 2 is 2.12 bits per heavy atom. The number of rotatable bonds is 4. The predicted octanol–water partition coefficient (Wildman–Crippen LogP) is 2.51. The molecular formula is C13H18FNO. The maximum absolute atomic E-state index is 13.5. The Morgan fingerprint density at radius 3 is 2.69 bits per heavy atom. The molecule has 1 saturated heterocycles. The van der Waals surface area contributed by atoms with Gasteiger partial charge in [-0.3, -0.25) is 0 Å². The van der Waals surface area contributed by atoms with Gasteiger partial charge in [0.15, 0.2) is 0 Å². The van der Waals surface area contributed by atoms with Gasteiger partial charge in [0.05, 0.1) is 13.2 Å². The highest BCUT2D eigenvalue weighted by atomic mass is 19.1. The minimum absolute atomic E-state index is 0.0404. The number of hydrogen-bond acceptors (Lipinski definition) is 2. The highest BCUT2D eigenvalue weighted by molar-refractivity contribution is 5.20. The number of ether oxygens (including phenoxy) is 1. The van der Waals surface area contributed by atoms with Crippen LogP contribution in [-0.2, 0) is 4.74 Å². The van der Waals surface area contributed by atoms with Gasteiger partial charge >= 0.3 is 0 Å². The number of nitrogens with one attached hydrogen (secondary N) is 1. The summed E-state index contributed by atoms with van der Waals surface area (Å²) >= 11 is 0. The first-order valence-corrected chi connectivity index (χ1v) is 5.66. The van der Waals surface area contributed by atoms with Crippen molar-refractivity contribution >= 4 is 0 Å². The molecule has 1 aliphatic rings. The third-order valence-corrected chi connectivity index (χ3v) is 3.11. The fourth-order valence-electron chi connectivity index (χ4n) is 1.89. The van der Waals surface area contributed by atoms with E-state index < -0.39 is 0 Å². The molecule has 2 rings (SSSR count). The van der Waals surface area contributed by atoms with Gasteiger partial charge < -0.3 is 10.1 Å². The topological polar surface area (TPSA) is 21.3 Å². The van der Waals surface area contributed by atoms with Crippen LogP contribution in [0.3, 0.4) is 0 Å². The molecule has 1 N–H and O–H groups in total. The third kappa shape index (κ3) is 2.42. The minimum atomic E-state index is -0.141. The molecule has 0 bridgehead atoms. The molecule has 1 heterocycles. The molecule has 0 aromatic heterocycles. The van der Waals surface area contributed by atoms with Crippen LogP contribution in [0.4, 0.5) is 4.39 Å². The number of benzene rings is 1. The molecule has 0 saturated carbocycles. The van der Waals surface area contributed by atoms with Gasteiger partial charge in [-0.15, -0.1) is 0 Å². The Bertz CT molecular complexity index is 363. The van der Waals surface area contributed by atoms with E-state index in [-0.39, 0.29) is 17.3 Å². The summed E-state index contributed by atoms with van der Waals surface area (Å²) in [6.45, 7) is 6.62. The SMILES string of the molecule is CC(NCC1(C)COC1)c1ccccc1F. The molecule has 3 heteroatoms. The Balaban J connectivity index is 1.93. The lowest BCUT2D eigenvalue weighted by atomic mass is 9.88. The zero-order chi connectivity index (χ0) is 11.6. The zero-order valence-corrected chi connectivity index (χ0v) is 9.79. The van der Waals surface area contributed by atoms with Gasteiger partial charge in [-0.25, -0.2) is 4.39 Å². The fraction of sp³-hybridized carbons (Fsp3) is 0.538. The summed E-state index contributed by atoms with van der Waals surface area (Å²) in [5, 5.41) is 3.36. The van der Waals surface area contributed by atoms with Crippen LogP contribution in [0.2, 0.25) is 0 Å². The monoisotopic (exact) mass is 223 g/mol. The van der Waals surface area contributed by atoms with E-state index in [0.717, 1.165) is 25.3 Å². The van der Waals surface area contributed by atoms with Crippen LogP contribution in [0.15, 0.2) is 24.3 Å². The van der Waals surface area contributed by atoms with Crippen LogP contribution < -0.4 is 5.32 Å². The Kier molecular flexibility index (Phi) is 3.26. The molecule has 1 fully saturated rings. The van der Waals surface area contributed by atoms with E-state index in [1.165, 1.54) is 6.07 Å². The van der Waals surface area contributed by atoms with E-state index >= 15 is 0 Å². The lowest BCUT2D eigenvalue weighted by Crippen LogP contribution is -2.47. The summed E-state index contributed by atoms with van der Waals surface area (Å²) in [7, 11) is 0. The normalized spacial score (nSPS) is 20.2. The molecule has 1 aliphatic heterocycles. The first-order valence-electron chi connectivity index (χ1n) is 5.66. The lowest BCUT2D eigenvalue weighted by Gasteiger charge is -2.39. The molecule has 1 unspecified atom stereocenters. The Labute approximate surface area is 95.8 Å². The highest BCUT2D eigenvalue weighted by Gasteiger charge is 2.33. The third-order valence-electron chi connectivity index (χ3n) is 3.11. The number of hydrogen-bond donors (Lipinski definition) is 1. The maximum atomic E-state index is 13.5. The molecule has 2 nitrogen and oxygen atoms in total. The van der Waals surface area contributed by atoms with Crippen LogP contribution in [-0.4, -0.2) is 19.8 Å². The van der Waals surface area contributed by atoms with Crippen LogP contribution in [0.1, 0.15) is 25.5 Å². The van der Waals surface area contributed by atoms with Gasteiger partial charge in [-0.1, -0.05) is 25.1 Å². The van der Waals surface area contributed by atoms with Crippen molar-refractivity contribution in [3.63, 3.8) is 0 Å². The maximum Gasteiger partial charge on any atom is 0.127 e. The van der Waals surface area contributed by atoms with E-state index in [1.807, 2.05) is 19.1 Å². The summed E-state index contributed by atoms with van der Waals surface area (Å²) in [4.78, 5) is 0. The second kappa shape index (κ2) is 4.52. The van der Waals surface area contributed by atoms with Crippen molar-refractivity contribution in [3.8, 4) is 0 Å². The van der Waals surface area contributed by atoms with E-state index in [4.69, 9.17) is 4.74 Å². The zero-order valence-electron chi connectivity index (χ0n) is 9.79. The first-order chi connectivity index (χ1) is 7.61. The summed E-state index contributed by atoms with van der Waals surface area (Å²) in [6.07, 6.45) is 0. The lowest BCUT2D eigenvalue weighted by molar-refractivity contribution is -0.0999. The van der Waals surface area contributed by atoms with Gasteiger partial charge in [0, 0.05) is 23.6 Å². The molecule has 1 atom stereocenters. The van der Waals surface area contributed by atoms with E-state index in [1.54, 1.807) is 6.07 Å². The smallest absolute Gasteiger partial charge is 0.127 e. The van der Waals surface area contributed by atoms with Crippen LogP contribution in [0.5, 0.6) is 0 Å². The Hall–Kier alpha value is -0.930. The van der Waals surface area contributed by atoms with Gasteiger partial charge in [-0.05, 0) is 13.0 Å². The summed E-state index contributed by atoms with van der Waals surface area (Å²) in [5.41, 5.74) is 0.950. The second-order valence-corrected chi connectivity index (χ2v) is 4.93. The average Bonchev–Trinajstić information content (AvgIpc) is 2.24. The average molecular weight is 223 g/mol. The van der Waals surface area contributed by atoms with Gasteiger partial charge in [0.2, 0.25) is 0 Å². The molecule has 0 spiro atoms. The minimum Gasteiger partial charge on any atom is -0.380 e. The largest absolute Gasteiger partial charge is 0.380 e. The van der Waals surface area contributed by atoms with Gasteiger partial charge in [0.25, 0.3) is 0 Å². The molecule has 0 radical (unpaired) electrons. The predicted molar refractivity (Wildman–Crippen MR) is 61.7 cm³/mol. The van der Waals surface area contributed by atoms with Crippen molar-refractivity contribution in [3.05, 3.63) is 35.6 Å². The van der Waals surface area contributed by atoms with E-state index in [0.29, 0.717) is 0 Å². The van der Waals surface area contributed by atoms with E-state index in [2.05, 4.69) is 12.2 Å². The van der Waals surface area contributed by atoms with Gasteiger partial charge in [-0.2, -0.15) is 0 Å². The van der Waals surface area contributed by atoms with Crippen molar-refractivity contribution in [2.24, 2.45) is 5.41 Å². The summed E-state index contributed by atoms with van der Waals surface area (Å²) in [5.74, 6) is -0.141. The molecule has 16 heavy (non-hydrogen) atoms. The van der Waals surface area contributed by atoms with Gasteiger partial charge in [0.1, 0.15) is 5.82 Å². The van der Waals surface area contributed by atoms with Crippen molar-refractivity contribution < 1.29 is 9.13 Å².